The molecule has 1 fully saturated rings. The summed E-state index contributed by atoms with van der Waals surface area (Å²) in [6.07, 6.45) is 4.48. The number of rotatable bonds is 5. The maximum Gasteiger partial charge on any atom is 0.267 e. The number of fused-ring (bicyclic) bond motifs is 1. The summed E-state index contributed by atoms with van der Waals surface area (Å²) in [6, 6.07) is 12.2. The quantitative estimate of drug-likeness (QED) is 0.593. The lowest BCUT2D eigenvalue weighted by Gasteiger charge is -2.20. The molecule has 1 aliphatic rings. The second-order valence-electron chi connectivity index (χ2n) is 6.77. The van der Waals surface area contributed by atoms with E-state index in [1.807, 2.05) is 24.3 Å². The number of benzene rings is 1. The molecule has 2 atom stereocenters. The number of nitrogens with two attached hydrogens (primary N) is 1. The van der Waals surface area contributed by atoms with Crippen LogP contribution in [-0.4, -0.2) is 45.2 Å². The van der Waals surface area contributed by atoms with Crippen LogP contribution in [0.25, 0.3) is 10.9 Å². The number of hydrogen-bond donors (Lipinski definition) is 3. The van der Waals surface area contributed by atoms with Crippen LogP contribution in [0, 0.1) is 0 Å². The Hall–Kier alpha value is -2.48. The molecule has 2 unspecified atom stereocenters. The molecule has 0 aliphatic carbocycles. The molecule has 0 bridgehead atoms. The molecule has 4 N–H and O–H groups in total. The van der Waals surface area contributed by atoms with Crippen LogP contribution in [0.15, 0.2) is 53.7 Å². The molecule has 1 aliphatic heterocycles. The highest BCUT2D eigenvalue weighted by molar-refractivity contribution is 8.12. The van der Waals surface area contributed by atoms with Crippen LogP contribution < -0.4 is 11.1 Å². The molecule has 1 aromatic carbocycles. The van der Waals surface area contributed by atoms with E-state index in [-0.39, 0.29) is 22.6 Å². The number of hydrogen-bond acceptors (Lipinski definition) is 4. The number of amides is 1. The predicted octanol–water partition coefficient (Wildman–Crippen LogP) is 2.50. The maximum atomic E-state index is 12.4. The van der Waals surface area contributed by atoms with Gasteiger partial charge in [0.1, 0.15) is 5.69 Å². The normalized spacial score (nSPS) is 18.6. The first kappa shape index (κ1) is 17.9. The number of aromatic amines is 1. The van der Waals surface area contributed by atoms with E-state index in [1.54, 1.807) is 12.4 Å². The van der Waals surface area contributed by atoms with Gasteiger partial charge in [0.15, 0.2) is 0 Å². The molecule has 1 saturated heterocycles. The number of nitrogens with one attached hydrogen (secondary N) is 2. The highest BCUT2D eigenvalue weighted by Crippen LogP contribution is 2.32. The summed E-state index contributed by atoms with van der Waals surface area (Å²) in [5.41, 5.74) is 8.50. The van der Waals surface area contributed by atoms with Crippen molar-refractivity contribution in [3.63, 3.8) is 0 Å². The van der Waals surface area contributed by atoms with Gasteiger partial charge in [-0.25, -0.2) is 0 Å². The highest BCUT2D eigenvalue weighted by Gasteiger charge is 2.21. The third-order valence-corrected chi connectivity index (χ3v) is 6.58. The van der Waals surface area contributed by atoms with Gasteiger partial charge in [-0.15, -0.1) is 0 Å². The lowest BCUT2D eigenvalue weighted by Crippen LogP contribution is -2.23. The van der Waals surface area contributed by atoms with Crippen LogP contribution in [0.3, 0.4) is 0 Å². The van der Waals surface area contributed by atoms with Gasteiger partial charge in [0.2, 0.25) is 0 Å². The molecule has 0 radical (unpaired) electrons. The molecule has 2 aromatic heterocycles. The fourth-order valence-corrected chi connectivity index (χ4v) is 4.69. The van der Waals surface area contributed by atoms with E-state index in [4.69, 9.17) is 5.73 Å². The SMILES string of the molecule is C=S(c1ccc(CNC(=O)c2cc3cnccc3[nH]2)cc1)N1CCC(N)C1. The van der Waals surface area contributed by atoms with Gasteiger partial charge in [0.05, 0.1) is 0 Å². The Morgan fingerprint density at radius 1 is 1.37 bits per heavy atom. The third kappa shape index (κ3) is 3.95. The molecule has 3 heterocycles. The van der Waals surface area contributed by atoms with E-state index in [9.17, 15) is 4.79 Å². The standard InChI is InChI=1S/C20H23N5OS/c1-27(25-9-7-16(21)13-25)17-4-2-14(3-5-17)11-23-20(26)19-10-15-12-22-8-6-18(15)24-19/h2-6,8,10,12,16,24H,1,7,9,11,13,21H2,(H,23,26). The molecular formula is C20H23N5OS. The summed E-state index contributed by atoms with van der Waals surface area (Å²) in [4.78, 5) is 20.8. The topological polar surface area (TPSA) is 87.0 Å². The van der Waals surface area contributed by atoms with Gasteiger partial charge in [0.25, 0.3) is 5.91 Å². The minimum absolute atomic E-state index is 0.127. The number of nitrogens with zero attached hydrogens (tertiary/aromatic N) is 2. The first-order chi connectivity index (χ1) is 13.1. The zero-order valence-corrected chi connectivity index (χ0v) is 15.8. The average Bonchev–Trinajstić information content (AvgIpc) is 3.32. The van der Waals surface area contributed by atoms with E-state index < -0.39 is 0 Å². The molecule has 0 spiro atoms. The van der Waals surface area contributed by atoms with Gasteiger partial charge in [-0.05, 0) is 36.2 Å². The summed E-state index contributed by atoms with van der Waals surface area (Å²) in [5, 5.41) is 3.88. The molecule has 3 aromatic rings. The Kier molecular flexibility index (Phi) is 5.07. The summed E-state index contributed by atoms with van der Waals surface area (Å²) in [5.74, 6) is 4.18. The summed E-state index contributed by atoms with van der Waals surface area (Å²) in [6.45, 7) is 2.39. The van der Waals surface area contributed by atoms with E-state index in [0.29, 0.717) is 12.2 Å². The Bertz CT molecular complexity index is 948. The van der Waals surface area contributed by atoms with Crippen LogP contribution in [0.5, 0.6) is 0 Å². The Balaban J connectivity index is 1.37. The van der Waals surface area contributed by atoms with Gasteiger partial charge in [-0.3, -0.25) is 14.1 Å². The van der Waals surface area contributed by atoms with Gasteiger partial charge < -0.3 is 16.0 Å². The lowest BCUT2D eigenvalue weighted by molar-refractivity contribution is 0.0946. The summed E-state index contributed by atoms with van der Waals surface area (Å²) < 4.78 is 2.34. The monoisotopic (exact) mass is 381 g/mol. The van der Waals surface area contributed by atoms with Crippen LogP contribution in [-0.2, 0) is 6.54 Å². The van der Waals surface area contributed by atoms with Crippen LogP contribution in [0.4, 0.5) is 0 Å². The van der Waals surface area contributed by atoms with Gasteiger partial charge in [0, 0.05) is 53.9 Å². The summed E-state index contributed by atoms with van der Waals surface area (Å²) >= 11 is 0. The van der Waals surface area contributed by atoms with Crippen molar-refractivity contribution in [2.45, 2.75) is 23.9 Å². The maximum absolute atomic E-state index is 12.4. The average molecular weight is 382 g/mol. The predicted molar refractivity (Wildman–Crippen MR) is 111 cm³/mol. The molecule has 7 heteroatoms. The van der Waals surface area contributed by atoms with Crippen molar-refractivity contribution in [3.05, 3.63) is 60.0 Å². The number of carbonyl (C=O) groups is 1. The largest absolute Gasteiger partial charge is 0.350 e. The lowest BCUT2D eigenvalue weighted by atomic mass is 10.2. The number of H-pyrrole nitrogens is 1. The Morgan fingerprint density at radius 3 is 2.89 bits per heavy atom. The van der Waals surface area contributed by atoms with Crippen LogP contribution >= 0.6 is 10.7 Å². The summed E-state index contributed by atoms with van der Waals surface area (Å²) in [7, 11) is -0.184. The smallest absolute Gasteiger partial charge is 0.267 e. The molecule has 6 nitrogen and oxygen atoms in total. The molecule has 27 heavy (non-hydrogen) atoms. The van der Waals surface area contributed by atoms with Crippen molar-refractivity contribution >= 4 is 33.4 Å². The first-order valence-electron chi connectivity index (χ1n) is 8.94. The second kappa shape index (κ2) is 7.64. The van der Waals surface area contributed by atoms with Crippen LogP contribution in [0.1, 0.15) is 22.5 Å². The van der Waals surface area contributed by atoms with Crippen molar-refractivity contribution in [1.82, 2.24) is 19.6 Å². The number of aromatic nitrogens is 2. The van der Waals surface area contributed by atoms with Crippen molar-refractivity contribution in [3.8, 4) is 0 Å². The van der Waals surface area contributed by atoms with Crippen molar-refractivity contribution in [2.75, 3.05) is 13.1 Å². The number of pyridine rings is 1. The Labute approximate surface area is 160 Å². The van der Waals surface area contributed by atoms with Gasteiger partial charge >= 0.3 is 0 Å². The van der Waals surface area contributed by atoms with Crippen molar-refractivity contribution < 1.29 is 4.79 Å². The molecular weight excluding hydrogens is 358 g/mol. The van der Waals surface area contributed by atoms with Crippen molar-refractivity contribution in [2.24, 2.45) is 5.73 Å². The fraction of sp³-hybridized carbons (Fsp3) is 0.250. The van der Waals surface area contributed by atoms with Gasteiger partial charge in [-0.2, -0.15) is 0 Å². The molecule has 0 saturated carbocycles. The first-order valence-corrected chi connectivity index (χ1v) is 10.3. The minimum Gasteiger partial charge on any atom is -0.350 e. The fourth-order valence-electron chi connectivity index (χ4n) is 3.24. The third-order valence-electron chi connectivity index (χ3n) is 4.81. The molecule has 140 valence electrons. The minimum atomic E-state index is -0.184. The van der Waals surface area contributed by atoms with E-state index in [1.165, 1.54) is 4.90 Å². The van der Waals surface area contributed by atoms with Crippen LogP contribution in [0.2, 0.25) is 0 Å². The second-order valence-corrected chi connectivity index (χ2v) is 8.49. The molecule has 1 amide bonds. The van der Waals surface area contributed by atoms with Gasteiger partial charge in [-0.1, -0.05) is 28.7 Å². The zero-order chi connectivity index (χ0) is 18.8. The van der Waals surface area contributed by atoms with Crippen molar-refractivity contribution in [1.29, 1.82) is 0 Å². The molecule has 4 rings (SSSR count). The highest BCUT2D eigenvalue weighted by atomic mass is 32.2. The van der Waals surface area contributed by atoms with E-state index in [2.05, 4.69) is 37.6 Å². The zero-order valence-electron chi connectivity index (χ0n) is 15.0. The number of carbonyl (C=O) groups excluding carboxylic acids is 1. The van der Waals surface area contributed by atoms with E-state index in [0.717, 1.165) is 36.0 Å². The Morgan fingerprint density at radius 2 is 2.19 bits per heavy atom. The van der Waals surface area contributed by atoms with E-state index >= 15 is 0 Å².